The maximum atomic E-state index is 5.74. The highest BCUT2D eigenvalue weighted by molar-refractivity contribution is 5.61. The number of ether oxygens (including phenoxy) is 1. The fraction of sp³-hybridized carbons (Fsp3) is 0.231. The van der Waals surface area contributed by atoms with E-state index < -0.39 is 0 Å². The van der Waals surface area contributed by atoms with Gasteiger partial charge in [-0.15, -0.1) is 0 Å². The molecule has 0 atom stereocenters. The smallest absolute Gasteiger partial charge is 0.143 e. The first-order chi connectivity index (χ1) is 8.19. The Hall–Kier alpha value is -2.10. The van der Waals surface area contributed by atoms with Crippen molar-refractivity contribution < 1.29 is 9.15 Å². The maximum absolute atomic E-state index is 5.74. The predicted octanol–water partition coefficient (Wildman–Crippen LogP) is 2.79. The Labute approximate surface area is 100 Å². The van der Waals surface area contributed by atoms with E-state index in [0.717, 1.165) is 17.2 Å². The number of anilines is 2. The summed E-state index contributed by atoms with van der Waals surface area (Å²) in [7, 11) is 1.60. The van der Waals surface area contributed by atoms with Gasteiger partial charge in [-0.3, -0.25) is 0 Å². The molecule has 0 amide bonds. The van der Waals surface area contributed by atoms with Crippen molar-refractivity contribution in [1.82, 2.24) is 0 Å². The van der Waals surface area contributed by atoms with Gasteiger partial charge in [-0.25, -0.2) is 0 Å². The van der Waals surface area contributed by atoms with Gasteiger partial charge in [0.2, 0.25) is 0 Å². The van der Waals surface area contributed by atoms with Crippen molar-refractivity contribution in [3.63, 3.8) is 0 Å². The molecule has 0 aliphatic heterocycles. The maximum Gasteiger partial charge on any atom is 0.143 e. The van der Waals surface area contributed by atoms with Gasteiger partial charge in [0.15, 0.2) is 0 Å². The molecular weight excluding hydrogens is 216 g/mol. The molecule has 0 bridgehead atoms. The third-order valence-corrected chi connectivity index (χ3v) is 2.50. The van der Waals surface area contributed by atoms with Crippen molar-refractivity contribution in [2.24, 2.45) is 0 Å². The van der Waals surface area contributed by atoms with Gasteiger partial charge in [-0.1, -0.05) is 0 Å². The van der Waals surface area contributed by atoms with Crippen LogP contribution in [0.1, 0.15) is 11.5 Å². The summed E-state index contributed by atoms with van der Waals surface area (Å²) in [6.07, 6.45) is 0. The molecule has 0 aliphatic carbocycles. The Morgan fingerprint density at radius 3 is 2.76 bits per heavy atom. The minimum Gasteiger partial charge on any atom is -0.495 e. The highest BCUT2D eigenvalue weighted by atomic mass is 16.5. The summed E-state index contributed by atoms with van der Waals surface area (Å²) in [5.41, 5.74) is 7.32. The normalized spacial score (nSPS) is 10.2. The van der Waals surface area contributed by atoms with E-state index in [-0.39, 0.29) is 0 Å². The fourth-order valence-corrected chi connectivity index (χ4v) is 1.59. The molecule has 0 aliphatic rings. The SMILES string of the molecule is COc1cc(NCc2ccc(C)o2)ccc1N. The number of nitrogens with two attached hydrogens (primary N) is 1. The molecule has 0 saturated heterocycles. The average Bonchev–Trinajstić information content (AvgIpc) is 2.74. The van der Waals surface area contributed by atoms with Crippen molar-refractivity contribution in [3.05, 3.63) is 41.9 Å². The van der Waals surface area contributed by atoms with Gasteiger partial charge in [0.05, 0.1) is 19.3 Å². The topological polar surface area (TPSA) is 60.4 Å². The van der Waals surface area contributed by atoms with E-state index >= 15 is 0 Å². The number of nitrogen functional groups attached to an aromatic ring is 1. The molecular formula is C13H16N2O2. The van der Waals surface area contributed by atoms with Crippen molar-refractivity contribution in [2.75, 3.05) is 18.2 Å². The van der Waals surface area contributed by atoms with Crippen LogP contribution in [-0.2, 0) is 6.54 Å². The molecule has 0 unspecified atom stereocenters. The van der Waals surface area contributed by atoms with Gasteiger partial charge in [-0.2, -0.15) is 0 Å². The van der Waals surface area contributed by atoms with Crippen LogP contribution in [0.15, 0.2) is 34.7 Å². The van der Waals surface area contributed by atoms with Crippen LogP contribution in [0, 0.1) is 6.92 Å². The first-order valence-corrected chi connectivity index (χ1v) is 5.42. The number of hydrogen-bond donors (Lipinski definition) is 2. The largest absolute Gasteiger partial charge is 0.495 e. The van der Waals surface area contributed by atoms with Crippen LogP contribution >= 0.6 is 0 Å². The van der Waals surface area contributed by atoms with Crippen LogP contribution in [0.3, 0.4) is 0 Å². The summed E-state index contributed by atoms with van der Waals surface area (Å²) in [4.78, 5) is 0. The van der Waals surface area contributed by atoms with Crippen molar-refractivity contribution >= 4 is 11.4 Å². The van der Waals surface area contributed by atoms with E-state index in [0.29, 0.717) is 18.0 Å². The molecule has 1 heterocycles. The molecule has 4 nitrogen and oxygen atoms in total. The van der Waals surface area contributed by atoms with Crippen molar-refractivity contribution in [1.29, 1.82) is 0 Å². The minimum atomic E-state index is 0.631. The molecule has 1 aromatic heterocycles. The number of hydrogen-bond acceptors (Lipinski definition) is 4. The number of furan rings is 1. The van der Waals surface area contributed by atoms with E-state index in [4.69, 9.17) is 14.9 Å². The van der Waals surface area contributed by atoms with Crippen LogP contribution in [-0.4, -0.2) is 7.11 Å². The van der Waals surface area contributed by atoms with Crippen LogP contribution in [0.5, 0.6) is 5.75 Å². The molecule has 17 heavy (non-hydrogen) atoms. The van der Waals surface area contributed by atoms with E-state index in [2.05, 4.69) is 5.32 Å². The van der Waals surface area contributed by atoms with Crippen LogP contribution < -0.4 is 15.8 Å². The van der Waals surface area contributed by atoms with Crippen LogP contribution in [0.2, 0.25) is 0 Å². The molecule has 2 rings (SSSR count). The highest BCUT2D eigenvalue weighted by Gasteiger charge is 2.02. The van der Waals surface area contributed by atoms with Gasteiger partial charge in [0.25, 0.3) is 0 Å². The molecule has 90 valence electrons. The lowest BCUT2D eigenvalue weighted by Crippen LogP contribution is -1.99. The van der Waals surface area contributed by atoms with Crippen molar-refractivity contribution in [3.8, 4) is 5.75 Å². The standard InChI is InChI=1S/C13H16N2O2/c1-9-3-5-11(17-9)8-15-10-4-6-12(14)13(7-10)16-2/h3-7,15H,8,14H2,1-2H3. The Kier molecular flexibility index (Phi) is 3.23. The summed E-state index contributed by atoms with van der Waals surface area (Å²) >= 11 is 0. The van der Waals surface area contributed by atoms with Gasteiger partial charge < -0.3 is 20.2 Å². The van der Waals surface area contributed by atoms with E-state index in [1.807, 2.05) is 37.3 Å². The molecule has 0 spiro atoms. The molecule has 0 radical (unpaired) electrons. The summed E-state index contributed by atoms with van der Waals surface area (Å²) in [6, 6.07) is 9.49. The van der Waals surface area contributed by atoms with E-state index in [1.54, 1.807) is 7.11 Å². The highest BCUT2D eigenvalue weighted by Crippen LogP contribution is 2.25. The molecule has 0 fully saturated rings. The lowest BCUT2D eigenvalue weighted by atomic mass is 10.2. The summed E-state index contributed by atoms with van der Waals surface area (Å²) in [6.45, 7) is 2.57. The average molecular weight is 232 g/mol. The first-order valence-electron chi connectivity index (χ1n) is 5.42. The number of aryl methyl sites for hydroxylation is 1. The second-order valence-corrected chi connectivity index (χ2v) is 3.82. The first kappa shape index (κ1) is 11.4. The Bertz CT molecular complexity index is 506. The third kappa shape index (κ3) is 2.72. The number of methoxy groups -OCH3 is 1. The third-order valence-electron chi connectivity index (χ3n) is 2.50. The number of nitrogens with one attached hydrogen (secondary N) is 1. The lowest BCUT2D eigenvalue weighted by Gasteiger charge is -2.08. The van der Waals surface area contributed by atoms with Gasteiger partial charge in [-0.05, 0) is 31.2 Å². The van der Waals surface area contributed by atoms with Crippen LogP contribution in [0.4, 0.5) is 11.4 Å². The summed E-state index contributed by atoms with van der Waals surface area (Å²) < 4.78 is 10.6. The fourth-order valence-electron chi connectivity index (χ4n) is 1.59. The summed E-state index contributed by atoms with van der Waals surface area (Å²) in [5, 5.41) is 3.25. The molecule has 2 aromatic rings. The van der Waals surface area contributed by atoms with Crippen molar-refractivity contribution in [2.45, 2.75) is 13.5 Å². The predicted molar refractivity (Wildman–Crippen MR) is 68.2 cm³/mol. The molecule has 3 N–H and O–H groups in total. The van der Waals surface area contributed by atoms with E-state index in [1.165, 1.54) is 0 Å². The van der Waals surface area contributed by atoms with E-state index in [9.17, 15) is 0 Å². The molecule has 4 heteroatoms. The monoisotopic (exact) mass is 232 g/mol. The Balaban J connectivity index is 2.04. The second-order valence-electron chi connectivity index (χ2n) is 3.82. The Morgan fingerprint density at radius 1 is 1.29 bits per heavy atom. The minimum absolute atomic E-state index is 0.631. The zero-order valence-electron chi connectivity index (χ0n) is 9.99. The number of rotatable bonds is 4. The second kappa shape index (κ2) is 4.82. The van der Waals surface area contributed by atoms with Gasteiger partial charge in [0, 0.05) is 11.8 Å². The number of benzene rings is 1. The molecule has 0 saturated carbocycles. The molecule has 1 aromatic carbocycles. The van der Waals surface area contributed by atoms with Gasteiger partial charge in [0.1, 0.15) is 17.3 Å². The van der Waals surface area contributed by atoms with Crippen LogP contribution in [0.25, 0.3) is 0 Å². The van der Waals surface area contributed by atoms with Gasteiger partial charge >= 0.3 is 0 Å². The lowest BCUT2D eigenvalue weighted by molar-refractivity contribution is 0.417. The summed E-state index contributed by atoms with van der Waals surface area (Å²) in [5.74, 6) is 2.49. The Morgan fingerprint density at radius 2 is 2.12 bits per heavy atom. The quantitative estimate of drug-likeness (QED) is 0.796. The zero-order chi connectivity index (χ0) is 12.3. The zero-order valence-corrected chi connectivity index (χ0v) is 9.99.